The van der Waals surface area contributed by atoms with E-state index in [9.17, 15) is 9.59 Å². The number of amides is 2. The number of hydrogen-bond acceptors (Lipinski definition) is 3. The predicted octanol–water partition coefficient (Wildman–Crippen LogP) is 1.93. The van der Waals surface area contributed by atoms with Gasteiger partial charge in [0.25, 0.3) is 0 Å². The van der Waals surface area contributed by atoms with Gasteiger partial charge in [0.2, 0.25) is 11.8 Å². The monoisotopic (exact) mass is 292 g/mol. The summed E-state index contributed by atoms with van der Waals surface area (Å²) in [7, 11) is 0. The van der Waals surface area contributed by atoms with E-state index in [1.165, 1.54) is 4.91 Å². The zero-order chi connectivity index (χ0) is 14.1. The van der Waals surface area contributed by atoms with Crippen molar-refractivity contribution < 1.29 is 9.59 Å². The van der Waals surface area contributed by atoms with Gasteiger partial charge in [0.1, 0.15) is 0 Å². The van der Waals surface area contributed by atoms with E-state index in [0.29, 0.717) is 0 Å². The summed E-state index contributed by atoms with van der Waals surface area (Å²) in [4.78, 5) is 24.7. The second kappa shape index (κ2) is 5.64. The van der Waals surface area contributed by atoms with E-state index in [4.69, 9.17) is 5.73 Å². The Balaban J connectivity index is 1.71. The molecular weight excluding hydrogens is 272 g/mol. The Labute approximate surface area is 123 Å². The summed E-state index contributed by atoms with van der Waals surface area (Å²) in [5.41, 5.74) is 5.56. The van der Waals surface area contributed by atoms with Gasteiger partial charge in [-0.25, -0.2) is 0 Å². The van der Waals surface area contributed by atoms with Gasteiger partial charge in [-0.3, -0.25) is 9.59 Å². The number of primary amides is 1. The normalized spacial score (nSPS) is 32.8. The first-order valence-corrected chi connectivity index (χ1v) is 8.16. The maximum atomic E-state index is 11.9. The van der Waals surface area contributed by atoms with Crippen LogP contribution < -0.4 is 11.1 Å². The maximum absolute atomic E-state index is 11.9. The molecule has 3 N–H and O–H groups in total. The van der Waals surface area contributed by atoms with Crippen LogP contribution >= 0.6 is 11.8 Å². The molecule has 5 heteroatoms. The third-order valence-corrected chi connectivity index (χ3v) is 5.56. The van der Waals surface area contributed by atoms with Gasteiger partial charge in [-0.1, -0.05) is 18.2 Å². The van der Waals surface area contributed by atoms with Crippen molar-refractivity contribution in [1.29, 1.82) is 0 Å². The van der Waals surface area contributed by atoms with Crippen molar-refractivity contribution in [3.05, 3.63) is 23.1 Å². The second-order valence-electron chi connectivity index (χ2n) is 5.81. The lowest BCUT2D eigenvalue weighted by Gasteiger charge is -2.21. The van der Waals surface area contributed by atoms with Crippen LogP contribution in [0.4, 0.5) is 0 Å². The van der Waals surface area contributed by atoms with Gasteiger partial charge in [-0.05, 0) is 37.0 Å². The zero-order valence-corrected chi connectivity index (χ0v) is 12.2. The highest BCUT2D eigenvalue weighted by Crippen LogP contribution is 2.46. The van der Waals surface area contributed by atoms with Crippen LogP contribution in [0.2, 0.25) is 0 Å². The summed E-state index contributed by atoms with van der Waals surface area (Å²) in [5, 5.41) is 3.19. The molecule has 3 rings (SSSR count). The van der Waals surface area contributed by atoms with Gasteiger partial charge in [0, 0.05) is 17.8 Å². The lowest BCUT2D eigenvalue weighted by Crippen LogP contribution is -2.34. The van der Waals surface area contributed by atoms with Crippen molar-refractivity contribution in [2.45, 2.75) is 37.5 Å². The van der Waals surface area contributed by atoms with Crippen molar-refractivity contribution in [3.8, 4) is 0 Å². The quantitative estimate of drug-likeness (QED) is 0.835. The molecule has 1 aliphatic heterocycles. The molecule has 3 atom stereocenters. The standard InChI is InChI=1S/C15H20N2O2S/c16-14(18)10-4-2-1-3-5-12-11(10)8-13(20-12)17-15(19)9-6-7-9/h1,3,5,9-11,13H,2,4,6-8H2,(H2,16,18)(H,17,19). The molecule has 3 unspecified atom stereocenters. The van der Waals surface area contributed by atoms with Gasteiger partial charge in [-0.2, -0.15) is 0 Å². The molecule has 0 aromatic carbocycles. The number of carbonyl (C=O) groups is 2. The summed E-state index contributed by atoms with van der Waals surface area (Å²) in [6.45, 7) is 0. The molecule has 1 saturated carbocycles. The van der Waals surface area contributed by atoms with Gasteiger partial charge in [0.15, 0.2) is 0 Å². The highest BCUT2D eigenvalue weighted by Gasteiger charge is 2.40. The zero-order valence-electron chi connectivity index (χ0n) is 11.4. The van der Waals surface area contributed by atoms with Crippen molar-refractivity contribution in [2.24, 2.45) is 23.5 Å². The SMILES string of the molecule is NC(=O)C1CCC=CC=C2SC(NC(=O)C3CC3)CC21. The predicted molar refractivity (Wildman–Crippen MR) is 79.5 cm³/mol. The number of carbonyl (C=O) groups excluding carboxylic acids is 2. The molecule has 20 heavy (non-hydrogen) atoms. The van der Waals surface area contributed by atoms with Gasteiger partial charge in [0.05, 0.1) is 5.37 Å². The van der Waals surface area contributed by atoms with Crippen LogP contribution in [0.15, 0.2) is 23.1 Å². The fourth-order valence-corrected chi connectivity index (χ4v) is 4.36. The first kappa shape index (κ1) is 13.7. The molecule has 0 bridgehead atoms. The minimum absolute atomic E-state index is 0.0905. The number of rotatable bonds is 3. The van der Waals surface area contributed by atoms with Gasteiger partial charge in [-0.15, -0.1) is 11.8 Å². The maximum Gasteiger partial charge on any atom is 0.223 e. The van der Waals surface area contributed by atoms with Crippen molar-refractivity contribution in [1.82, 2.24) is 5.32 Å². The molecule has 0 aromatic heterocycles. The Morgan fingerprint density at radius 1 is 1.30 bits per heavy atom. The summed E-state index contributed by atoms with van der Waals surface area (Å²) in [6, 6.07) is 0. The second-order valence-corrected chi connectivity index (χ2v) is 7.09. The van der Waals surface area contributed by atoms with E-state index in [0.717, 1.165) is 32.1 Å². The topological polar surface area (TPSA) is 72.2 Å². The van der Waals surface area contributed by atoms with Crippen LogP contribution in [-0.2, 0) is 9.59 Å². The third-order valence-electron chi connectivity index (χ3n) is 4.26. The molecule has 0 aromatic rings. The van der Waals surface area contributed by atoms with E-state index < -0.39 is 0 Å². The molecule has 0 spiro atoms. The van der Waals surface area contributed by atoms with E-state index in [1.54, 1.807) is 11.8 Å². The minimum Gasteiger partial charge on any atom is -0.369 e. The van der Waals surface area contributed by atoms with E-state index in [1.807, 2.05) is 0 Å². The molecule has 2 amide bonds. The Morgan fingerprint density at radius 3 is 2.80 bits per heavy atom. The first-order chi connectivity index (χ1) is 9.65. The Morgan fingerprint density at radius 2 is 2.10 bits per heavy atom. The fourth-order valence-electron chi connectivity index (χ4n) is 2.96. The highest BCUT2D eigenvalue weighted by molar-refractivity contribution is 8.03. The molecule has 2 aliphatic carbocycles. The Bertz CT molecular complexity index is 482. The largest absolute Gasteiger partial charge is 0.369 e. The van der Waals surface area contributed by atoms with Crippen LogP contribution in [0, 0.1) is 17.8 Å². The highest BCUT2D eigenvalue weighted by atomic mass is 32.2. The molecule has 108 valence electrons. The summed E-state index contributed by atoms with van der Waals surface area (Å²) < 4.78 is 0. The Hall–Kier alpha value is -1.23. The van der Waals surface area contributed by atoms with Crippen LogP contribution in [-0.4, -0.2) is 17.2 Å². The summed E-state index contributed by atoms with van der Waals surface area (Å²) in [6.07, 6.45) is 10.7. The Kier molecular flexibility index (Phi) is 3.87. The average Bonchev–Trinajstić information content (AvgIpc) is 3.15. The minimum atomic E-state index is -0.217. The third kappa shape index (κ3) is 2.92. The molecule has 1 saturated heterocycles. The van der Waals surface area contributed by atoms with Crippen LogP contribution in [0.3, 0.4) is 0 Å². The molecule has 3 aliphatic rings. The lowest BCUT2D eigenvalue weighted by atomic mass is 9.84. The molecule has 1 heterocycles. The summed E-state index contributed by atoms with van der Waals surface area (Å²) in [5.74, 6) is 0.243. The number of nitrogens with one attached hydrogen (secondary N) is 1. The summed E-state index contributed by atoms with van der Waals surface area (Å²) >= 11 is 1.68. The smallest absolute Gasteiger partial charge is 0.223 e. The molecule has 4 nitrogen and oxygen atoms in total. The van der Waals surface area contributed by atoms with Gasteiger partial charge < -0.3 is 11.1 Å². The number of hydrogen-bond donors (Lipinski definition) is 2. The molecule has 0 radical (unpaired) electrons. The molecule has 2 fully saturated rings. The average molecular weight is 292 g/mol. The number of allylic oxidation sites excluding steroid dienone is 4. The van der Waals surface area contributed by atoms with Crippen LogP contribution in [0.1, 0.15) is 32.1 Å². The fraction of sp³-hybridized carbons (Fsp3) is 0.600. The van der Waals surface area contributed by atoms with Crippen molar-refractivity contribution in [3.63, 3.8) is 0 Å². The van der Waals surface area contributed by atoms with Crippen molar-refractivity contribution >= 4 is 23.6 Å². The van der Waals surface area contributed by atoms with Crippen molar-refractivity contribution in [2.75, 3.05) is 0 Å². The van der Waals surface area contributed by atoms with E-state index in [2.05, 4.69) is 23.5 Å². The first-order valence-electron chi connectivity index (χ1n) is 7.28. The number of thioether (sulfide) groups is 1. The van der Waals surface area contributed by atoms with E-state index in [-0.39, 0.29) is 34.9 Å². The lowest BCUT2D eigenvalue weighted by molar-refractivity contribution is -0.123. The number of fused-ring (bicyclic) bond motifs is 1. The van der Waals surface area contributed by atoms with Crippen LogP contribution in [0.25, 0.3) is 0 Å². The van der Waals surface area contributed by atoms with Crippen LogP contribution in [0.5, 0.6) is 0 Å². The number of nitrogens with two attached hydrogens (primary N) is 1. The van der Waals surface area contributed by atoms with Gasteiger partial charge >= 0.3 is 0 Å². The molecular formula is C15H20N2O2S. The van der Waals surface area contributed by atoms with E-state index >= 15 is 0 Å².